The fourth-order valence-electron chi connectivity index (χ4n) is 1.67. The van der Waals surface area contributed by atoms with Gasteiger partial charge < -0.3 is 10.6 Å². The first-order chi connectivity index (χ1) is 8.10. The Hall–Kier alpha value is -1.78. The van der Waals surface area contributed by atoms with Crippen LogP contribution >= 0.6 is 0 Å². The first kappa shape index (κ1) is 13.3. The lowest BCUT2D eigenvalue weighted by Crippen LogP contribution is -2.17. The fraction of sp³-hybridized carbons (Fsp3) is 0.500. The van der Waals surface area contributed by atoms with Crippen LogP contribution in [0.5, 0.6) is 0 Å². The predicted molar refractivity (Wildman–Crippen MR) is 70.6 cm³/mol. The lowest BCUT2D eigenvalue weighted by Gasteiger charge is -2.16. The minimum atomic E-state index is -0.376. The summed E-state index contributed by atoms with van der Waals surface area (Å²) in [5, 5.41) is 17.0. The van der Waals surface area contributed by atoms with Crippen molar-refractivity contribution in [3.8, 4) is 0 Å². The van der Waals surface area contributed by atoms with Gasteiger partial charge in [0.2, 0.25) is 0 Å². The molecule has 5 nitrogen and oxygen atoms in total. The molecular weight excluding hydrogens is 218 g/mol. The Bertz CT molecular complexity index is 389. The molecule has 17 heavy (non-hydrogen) atoms. The molecule has 0 aliphatic heterocycles. The standard InChI is InChI=1S/C12H19N3O2/c1-4-9(5-2)14-11-6-10(13-3)7-12(8-11)15(16)17/h6-9,13-14H,4-5H2,1-3H3. The molecule has 0 atom stereocenters. The molecule has 0 radical (unpaired) electrons. The van der Waals surface area contributed by atoms with Gasteiger partial charge in [-0.1, -0.05) is 13.8 Å². The van der Waals surface area contributed by atoms with Crippen molar-refractivity contribution < 1.29 is 4.92 Å². The molecule has 0 aliphatic carbocycles. The summed E-state index contributed by atoms with van der Waals surface area (Å²) in [6.07, 6.45) is 1.99. The van der Waals surface area contributed by atoms with Gasteiger partial charge in [0.05, 0.1) is 4.92 Å². The minimum absolute atomic E-state index is 0.102. The maximum atomic E-state index is 10.8. The van der Waals surface area contributed by atoms with Crippen LogP contribution in [0.2, 0.25) is 0 Å². The number of nitro groups is 1. The third-order valence-electron chi connectivity index (χ3n) is 2.77. The summed E-state index contributed by atoms with van der Waals surface area (Å²) in [6, 6.07) is 5.32. The number of nitrogens with one attached hydrogen (secondary N) is 2. The Morgan fingerprint density at radius 3 is 2.29 bits per heavy atom. The number of hydrogen-bond acceptors (Lipinski definition) is 4. The summed E-state index contributed by atoms with van der Waals surface area (Å²) in [5.41, 5.74) is 1.63. The molecule has 0 aromatic heterocycles. The molecule has 0 spiro atoms. The average Bonchev–Trinajstić information content (AvgIpc) is 2.35. The van der Waals surface area contributed by atoms with Gasteiger partial charge in [0, 0.05) is 36.6 Å². The Balaban J connectivity index is 2.98. The second-order valence-corrected chi connectivity index (χ2v) is 3.93. The molecule has 0 saturated heterocycles. The molecule has 0 aliphatic rings. The quantitative estimate of drug-likeness (QED) is 0.588. The molecule has 2 N–H and O–H groups in total. The molecule has 1 aromatic carbocycles. The van der Waals surface area contributed by atoms with Crippen molar-refractivity contribution in [2.24, 2.45) is 0 Å². The molecule has 5 heteroatoms. The first-order valence-corrected chi connectivity index (χ1v) is 5.84. The number of nitrogens with zero attached hydrogens (tertiary/aromatic N) is 1. The molecule has 0 bridgehead atoms. The van der Waals surface area contributed by atoms with Crippen molar-refractivity contribution in [3.05, 3.63) is 28.3 Å². The Labute approximate surface area is 101 Å². The monoisotopic (exact) mass is 237 g/mol. The molecule has 1 aromatic rings. The van der Waals surface area contributed by atoms with Gasteiger partial charge >= 0.3 is 0 Å². The zero-order valence-corrected chi connectivity index (χ0v) is 10.5. The highest BCUT2D eigenvalue weighted by Crippen LogP contribution is 2.25. The maximum absolute atomic E-state index is 10.8. The summed E-state index contributed by atoms with van der Waals surface area (Å²) < 4.78 is 0. The molecule has 0 saturated carbocycles. The van der Waals surface area contributed by atoms with Crippen LogP contribution in [0.15, 0.2) is 18.2 Å². The van der Waals surface area contributed by atoms with Crippen molar-refractivity contribution in [1.82, 2.24) is 0 Å². The van der Waals surface area contributed by atoms with Crippen LogP contribution in [-0.2, 0) is 0 Å². The van der Waals surface area contributed by atoms with E-state index in [4.69, 9.17) is 0 Å². The average molecular weight is 237 g/mol. The molecule has 0 unspecified atom stereocenters. The minimum Gasteiger partial charge on any atom is -0.388 e. The number of non-ortho nitro benzene ring substituents is 1. The largest absolute Gasteiger partial charge is 0.388 e. The van der Waals surface area contributed by atoms with Gasteiger partial charge in [-0.25, -0.2) is 0 Å². The van der Waals surface area contributed by atoms with Gasteiger partial charge in [0.15, 0.2) is 0 Å². The SMILES string of the molecule is CCC(CC)Nc1cc(NC)cc([N+](=O)[O-])c1. The van der Waals surface area contributed by atoms with E-state index in [2.05, 4.69) is 24.5 Å². The van der Waals surface area contributed by atoms with Crippen molar-refractivity contribution in [2.45, 2.75) is 32.7 Å². The van der Waals surface area contributed by atoms with Crippen molar-refractivity contribution >= 4 is 17.1 Å². The Morgan fingerprint density at radius 1 is 1.24 bits per heavy atom. The number of hydrogen-bond donors (Lipinski definition) is 2. The number of anilines is 2. The summed E-state index contributed by atoms with van der Waals surface area (Å²) in [7, 11) is 1.75. The second-order valence-electron chi connectivity index (χ2n) is 3.93. The van der Waals surface area contributed by atoms with Gasteiger partial charge in [-0.3, -0.25) is 10.1 Å². The van der Waals surface area contributed by atoms with Crippen LogP contribution in [0.4, 0.5) is 17.1 Å². The van der Waals surface area contributed by atoms with Gasteiger partial charge in [-0.15, -0.1) is 0 Å². The molecule has 0 heterocycles. The lowest BCUT2D eigenvalue weighted by atomic mass is 10.1. The molecule has 0 fully saturated rings. The Morgan fingerprint density at radius 2 is 1.82 bits per heavy atom. The van der Waals surface area contributed by atoms with Crippen LogP contribution in [0.3, 0.4) is 0 Å². The van der Waals surface area contributed by atoms with Crippen molar-refractivity contribution in [1.29, 1.82) is 0 Å². The van der Waals surface area contributed by atoms with E-state index in [1.165, 1.54) is 6.07 Å². The summed E-state index contributed by atoms with van der Waals surface area (Å²) in [5.74, 6) is 0. The maximum Gasteiger partial charge on any atom is 0.273 e. The Kier molecular flexibility index (Phi) is 4.75. The van der Waals surface area contributed by atoms with Crippen LogP contribution in [-0.4, -0.2) is 18.0 Å². The zero-order valence-electron chi connectivity index (χ0n) is 10.5. The van der Waals surface area contributed by atoms with Gasteiger partial charge in [0.1, 0.15) is 0 Å². The van der Waals surface area contributed by atoms with Crippen LogP contribution < -0.4 is 10.6 Å². The number of rotatable bonds is 6. The molecule has 0 amide bonds. The van der Waals surface area contributed by atoms with E-state index < -0.39 is 0 Å². The highest BCUT2D eigenvalue weighted by atomic mass is 16.6. The van der Waals surface area contributed by atoms with E-state index in [0.717, 1.165) is 24.2 Å². The summed E-state index contributed by atoms with van der Waals surface area (Å²) in [6.45, 7) is 4.19. The van der Waals surface area contributed by atoms with E-state index in [0.29, 0.717) is 6.04 Å². The van der Waals surface area contributed by atoms with Gasteiger partial charge in [0.25, 0.3) is 5.69 Å². The predicted octanol–water partition coefficient (Wildman–Crippen LogP) is 3.24. The molecular formula is C12H19N3O2. The number of nitro benzene ring substituents is 1. The fourth-order valence-corrected chi connectivity index (χ4v) is 1.67. The molecule has 94 valence electrons. The molecule has 1 rings (SSSR count). The third kappa shape index (κ3) is 3.62. The van der Waals surface area contributed by atoms with Gasteiger partial charge in [-0.05, 0) is 18.9 Å². The lowest BCUT2D eigenvalue weighted by molar-refractivity contribution is -0.384. The van der Waals surface area contributed by atoms with Gasteiger partial charge in [-0.2, -0.15) is 0 Å². The highest BCUT2D eigenvalue weighted by Gasteiger charge is 2.11. The summed E-state index contributed by atoms with van der Waals surface area (Å²) in [4.78, 5) is 10.4. The van der Waals surface area contributed by atoms with Crippen molar-refractivity contribution in [2.75, 3.05) is 17.7 Å². The van der Waals surface area contributed by atoms with E-state index in [1.54, 1.807) is 13.1 Å². The van der Waals surface area contributed by atoms with E-state index in [1.807, 2.05) is 6.07 Å². The zero-order chi connectivity index (χ0) is 12.8. The van der Waals surface area contributed by atoms with Crippen LogP contribution in [0, 0.1) is 10.1 Å². The van der Waals surface area contributed by atoms with E-state index in [9.17, 15) is 10.1 Å². The smallest absolute Gasteiger partial charge is 0.273 e. The topological polar surface area (TPSA) is 67.2 Å². The van der Waals surface area contributed by atoms with E-state index in [-0.39, 0.29) is 10.6 Å². The highest BCUT2D eigenvalue weighted by molar-refractivity contribution is 5.63. The third-order valence-corrected chi connectivity index (χ3v) is 2.77. The second kappa shape index (κ2) is 6.08. The number of benzene rings is 1. The first-order valence-electron chi connectivity index (χ1n) is 5.84. The van der Waals surface area contributed by atoms with Crippen LogP contribution in [0.1, 0.15) is 26.7 Å². The van der Waals surface area contributed by atoms with Crippen LogP contribution in [0.25, 0.3) is 0 Å². The summed E-state index contributed by atoms with van der Waals surface area (Å²) >= 11 is 0. The van der Waals surface area contributed by atoms with E-state index >= 15 is 0 Å². The van der Waals surface area contributed by atoms with Crippen molar-refractivity contribution in [3.63, 3.8) is 0 Å². The normalized spacial score (nSPS) is 10.4.